The molecule has 0 aromatic carbocycles. The molecule has 6 atom stereocenters. The van der Waals surface area contributed by atoms with Crippen LogP contribution in [0.25, 0.3) is 0 Å². The second kappa shape index (κ2) is 9.01. The van der Waals surface area contributed by atoms with Crippen LogP contribution in [0.2, 0.25) is 0 Å². The smallest absolute Gasteiger partial charge is 0.666 e. The van der Waals surface area contributed by atoms with Gasteiger partial charge in [0.2, 0.25) is 0 Å². The molecule has 0 bridgehead atoms. The van der Waals surface area contributed by atoms with Gasteiger partial charge in [0.25, 0.3) is 0 Å². The third-order valence-electron chi connectivity index (χ3n) is 8.76. The molecule has 162 valence electrons. The predicted molar refractivity (Wildman–Crippen MR) is 117 cm³/mol. The fraction of sp³-hybridized carbons (Fsp3) is 0.630. The van der Waals surface area contributed by atoms with E-state index < -0.39 is 0 Å². The van der Waals surface area contributed by atoms with Gasteiger partial charge in [-0.1, -0.05) is 87.5 Å². The summed E-state index contributed by atoms with van der Waals surface area (Å²) >= 11 is 0. The van der Waals surface area contributed by atoms with Crippen molar-refractivity contribution in [3.05, 3.63) is 59.9 Å². The molecule has 3 heteroatoms. The molecule has 0 radical (unpaired) electrons. The molecular weight excluding hydrogens is 547 g/mol. The number of aromatic nitrogens is 2. The molecule has 2 aromatic heterocycles. The Morgan fingerprint density at radius 2 is 1.17 bits per heavy atom. The quantitative estimate of drug-likeness (QED) is 0.403. The van der Waals surface area contributed by atoms with Crippen LogP contribution in [0.15, 0.2) is 24.3 Å². The molecule has 4 saturated carbocycles. The summed E-state index contributed by atoms with van der Waals surface area (Å²) in [5.74, 6) is 4.83. The molecule has 30 heavy (non-hydrogen) atoms. The average molecular weight is 582 g/mol. The Balaban J connectivity index is 0.00000193. The number of rotatable bonds is 4. The molecule has 4 fully saturated rings. The van der Waals surface area contributed by atoms with Crippen molar-refractivity contribution in [2.75, 3.05) is 0 Å². The van der Waals surface area contributed by atoms with E-state index in [0.29, 0.717) is 11.8 Å². The fourth-order valence-electron chi connectivity index (χ4n) is 7.40. The summed E-state index contributed by atoms with van der Waals surface area (Å²) in [6.45, 7) is 0. The molecule has 4 aliphatic carbocycles. The van der Waals surface area contributed by atoms with Crippen LogP contribution in [0.5, 0.6) is 0 Å². The standard InChI is InChI=1S/C27H34N2.Pt/c1-5-18-7-3-11-24(22(18)9-1)26-15-13-20(28-26)17-21-14-16-27(29-21)25-12-4-8-19-6-2-10-23(19)25;/h11-16,18-19,22-25H,1-10,17H2;/q-4;+4. The number of nitrogens with zero attached hydrogens (tertiary/aromatic N) is 2. The third kappa shape index (κ3) is 3.91. The molecular formula is C27H34N2Pt. The number of hydrogen-bond donors (Lipinski definition) is 0. The van der Waals surface area contributed by atoms with Crippen LogP contribution in [0.4, 0.5) is 0 Å². The first-order valence-corrected chi connectivity index (χ1v) is 12.3. The van der Waals surface area contributed by atoms with E-state index in [1.807, 2.05) is 0 Å². The topological polar surface area (TPSA) is 28.2 Å². The Hall–Kier alpha value is -0.752. The first-order valence-electron chi connectivity index (χ1n) is 12.3. The maximum absolute atomic E-state index is 5.09. The van der Waals surface area contributed by atoms with Crippen molar-refractivity contribution < 1.29 is 21.1 Å². The zero-order chi connectivity index (χ0) is 19.2. The van der Waals surface area contributed by atoms with E-state index in [1.165, 1.54) is 87.0 Å². The van der Waals surface area contributed by atoms with Crippen LogP contribution in [0, 0.1) is 36.5 Å². The zero-order valence-corrected chi connectivity index (χ0v) is 20.2. The third-order valence-corrected chi connectivity index (χ3v) is 8.76. The molecule has 2 aromatic rings. The fourth-order valence-corrected chi connectivity index (χ4v) is 7.40. The van der Waals surface area contributed by atoms with Crippen LogP contribution >= 0.6 is 0 Å². The number of fused-ring (bicyclic) bond motifs is 2. The maximum atomic E-state index is 5.09. The van der Waals surface area contributed by atoms with Gasteiger partial charge >= 0.3 is 21.1 Å². The molecule has 6 unspecified atom stereocenters. The summed E-state index contributed by atoms with van der Waals surface area (Å²) in [5, 5.41) is 0. The van der Waals surface area contributed by atoms with Gasteiger partial charge in [-0.05, 0) is 18.3 Å². The van der Waals surface area contributed by atoms with Gasteiger partial charge in [0.05, 0.1) is 0 Å². The zero-order valence-electron chi connectivity index (χ0n) is 17.9. The first-order chi connectivity index (χ1) is 14.3. The molecule has 2 nitrogen and oxygen atoms in total. The average Bonchev–Trinajstić information content (AvgIpc) is 3.53. The van der Waals surface area contributed by atoms with Crippen LogP contribution in [-0.2, 0) is 27.5 Å². The van der Waals surface area contributed by atoms with Gasteiger partial charge in [0.15, 0.2) is 0 Å². The van der Waals surface area contributed by atoms with Gasteiger partial charge in [0, 0.05) is 0 Å². The largest absolute Gasteiger partial charge is 4.00 e. The van der Waals surface area contributed by atoms with E-state index in [9.17, 15) is 0 Å². The van der Waals surface area contributed by atoms with Crippen molar-refractivity contribution in [3.8, 4) is 0 Å². The van der Waals surface area contributed by atoms with Crippen molar-refractivity contribution in [2.24, 2.45) is 23.7 Å². The van der Waals surface area contributed by atoms with Gasteiger partial charge < -0.3 is 22.8 Å². The van der Waals surface area contributed by atoms with Gasteiger partial charge in [-0.25, -0.2) is 0 Å². The van der Waals surface area contributed by atoms with Crippen LogP contribution in [-0.4, -0.2) is 0 Å². The van der Waals surface area contributed by atoms with Crippen LogP contribution in [0.1, 0.15) is 98.8 Å². The minimum atomic E-state index is 0. The van der Waals surface area contributed by atoms with E-state index in [0.717, 1.165) is 30.1 Å². The minimum absolute atomic E-state index is 0. The van der Waals surface area contributed by atoms with Gasteiger partial charge in [-0.3, -0.25) is 0 Å². The molecule has 0 N–H and O–H groups in total. The van der Waals surface area contributed by atoms with E-state index >= 15 is 0 Å². The molecule has 6 rings (SSSR count). The Morgan fingerprint density at radius 1 is 0.667 bits per heavy atom. The second-order valence-electron chi connectivity index (χ2n) is 10.3. The summed E-state index contributed by atoms with van der Waals surface area (Å²) in [7, 11) is 0. The summed E-state index contributed by atoms with van der Waals surface area (Å²) in [5.41, 5.74) is 5.09. The van der Waals surface area contributed by atoms with Crippen molar-refractivity contribution in [1.82, 2.24) is 9.97 Å². The number of hydrogen-bond acceptors (Lipinski definition) is 0. The summed E-state index contributed by atoms with van der Waals surface area (Å²) in [4.78, 5) is 10.2. The maximum Gasteiger partial charge on any atom is 4.00 e. The van der Waals surface area contributed by atoms with E-state index in [-0.39, 0.29) is 21.1 Å². The van der Waals surface area contributed by atoms with Gasteiger partial charge in [0.1, 0.15) is 0 Å². The molecule has 0 spiro atoms. The molecule has 0 saturated heterocycles. The van der Waals surface area contributed by atoms with Crippen LogP contribution in [0.3, 0.4) is 0 Å². The summed E-state index contributed by atoms with van der Waals surface area (Å²) in [6, 6.07) is 9.13. The Labute approximate surface area is 196 Å². The SMILES string of the molecule is [Pt+4].c1cc(C2[CH-]CCC3CCCC32)[n-]c1Cc1ccc(C2[CH-]CCC3CCCC32)[n-]1. The molecule has 4 aliphatic rings. The molecule has 0 amide bonds. The second-order valence-corrected chi connectivity index (χ2v) is 10.3. The van der Waals surface area contributed by atoms with Crippen molar-refractivity contribution >= 4 is 0 Å². The van der Waals surface area contributed by atoms with Crippen molar-refractivity contribution in [1.29, 1.82) is 0 Å². The van der Waals surface area contributed by atoms with E-state index in [1.54, 1.807) is 0 Å². The monoisotopic (exact) mass is 581 g/mol. The van der Waals surface area contributed by atoms with Crippen LogP contribution < -0.4 is 9.97 Å². The molecule has 2 heterocycles. The van der Waals surface area contributed by atoms with Crippen molar-refractivity contribution in [3.63, 3.8) is 0 Å². The van der Waals surface area contributed by atoms with E-state index in [2.05, 4.69) is 37.1 Å². The Bertz CT molecular complexity index is 767. The summed E-state index contributed by atoms with van der Waals surface area (Å²) in [6.07, 6.45) is 20.0. The normalized spacial score (nSPS) is 35.6. The van der Waals surface area contributed by atoms with Crippen molar-refractivity contribution in [2.45, 2.75) is 82.5 Å². The predicted octanol–water partition coefficient (Wildman–Crippen LogP) is 6.19. The minimum Gasteiger partial charge on any atom is -0.666 e. The van der Waals surface area contributed by atoms with Gasteiger partial charge in [-0.2, -0.15) is 47.5 Å². The van der Waals surface area contributed by atoms with Gasteiger partial charge in [-0.15, -0.1) is 0 Å². The molecule has 0 aliphatic heterocycles. The first kappa shape index (κ1) is 21.1. The van der Waals surface area contributed by atoms with E-state index in [4.69, 9.17) is 9.97 Å². The Morgan fingerprint density at radius 3 is 1.67 bits per heavy atom. The summed E-state index contributed by atoms with van der Waals surface area (Å²) < 4.78 is 0. The Kier molecular flexibility index (Phi) is 6.34.